The van der Waals surface area contributed by atoms with Gasteiger partial charge in [0.25, 0.3) is 0 Å². The van der Waals surface area contributed by atoms with Crippen LogP contribution in [0, 0.1) is 6.92 Å². The Labute approximate surface area is 92.5 Å². The van der Waals surface area contributed by atoms with E-state index >= 15 is 0 Å². The number of likely N-dealkylation sites (N-methyl/N-ethyl adjacent to an activating group) is 1. The molecule has 0 amide bonds. The SMILES string of the molecule is CCN(CC)CCNc1ncccc1C. The summed E-state index contributed by atoms with van der Waals surface area (Å²) in [5.74, 6) is 1.00. The van der Waals surface area contributed by atoms with Crippen molar-refractivity contribution in [2.75, 3.05) is 31.5 Å². The van der Waals surface area contributed by atoms with Crippen molar-refractivity contribution in [3.05, 3.63) is 23.9 Å². The first-order valence-corrected chi connectivity index (χ1v) is 5.65. The molecule has 0 unspecified atom stereocenters. The minimum atomic E-state index is 0.958. The highest BCUT2D eigenvalue weighted by atomic mass is 15.1. The Bertz CT molecular complexity index is 282. The van der Waals surface area contributed by atoms with Gasteiger partial charge < -0.3 is 10.2 Å². The Balaban J connectivity index is 2.34. The summed E-state index contributed by atoms with van der Waals surface area (Å²) in [6, 6.07) is 4.04. The third-order valence-electron chi connectivity index (χ3n) is 2.62. The Kier molecular flexibility index (Phi) is 5.12. The van der Waals surface area contributed by atoms with Crippen molar-refractivity contribution in [1.82, 2.24) is 9.88 Å². The van der Waals surface area contributed by atoms with E-state index < -0.39 is 0 Å². The zero-order chi connectivity index (χ0) is 11.1. The van der Waals surface area contributed by atoms with Gasteiger partial charge in [-0.15, -0.1) is 0 Å². The topological polar surface area (TPSA) is 28.2 Å². The maximum atomic E-state index is 4.30. The number of nitrogens with zero attached hydrogens (tertiary/aromatic N) is 2. The molecule has 0 atom stereocenters. The normalized spacial score (nSPS) is 10.7. The lowest BCUT2D eigenvalue weighted by Crippen LogP contribution is -2.28. The fourth-order valence-corrected chi connectivity index (χ4v) is 1.54. The molecule has 15 heavy (non-hydrogen) atoms. The van der Waals surface area contributed by atoms with Crippen molar-refractivity contribution in [3.8, 4) is 0 Å². The standard InChI is InChI=1S/C12H21N3/c1-4-15(5-2)10-9-14-12-11(3)7-6-8-13-12/h6-8H,4-5,9-10H2,1-3H3,(H,13,14). The molecule has 0 saturated heterocycles. The third-order valence-corrected chi connectivity index (χ3v) is 2.62. The van der Waals surface area contributed by atoms with E-state index in [1.807, 2.05) is 12.3 Å². The minimum Gasteiger partial charge on any atom is -0.369 e. The molecule has 1 rings (SSSR count). The molecule has 0 aromatic carbocycles. The second-order valence-electron chi connectivity index (χ2n) is 3.62. The quantitative estimate of drug-likeness (QED) is 0.774. The Morgan fingerprint density at radius 2 is 2.07 bits per heavy atom. The minimum absolute atomic E-state index is 0.958. The van der Waals surface area contributed by atoms with E-state index in [2.05, 4.69) is 42.0 Å². The van der Waals surface area contributed by atoms with Crippen LogP contribution in [0.4, 0.5) is 5.82 Å². The number of aryl methyl sites for hydroxylation is 1. The van der Waals surface area contributed by atoms with E-state index in [1.165, 1.54) is 5.56 Å². The number of anilines is 1. The molecule has 1 N–H and O–H groups in total. The summed E-state index contributed by atoms with van der Waals surface area (Å²) < 4.78 is 0. The fourth-order valence-electron chi connectivity index (χ4n) is 1.54. The molecule has 0 spiro atoms. The van der Waals surface area contributed by atoms with E-state index in [-0.39, 0.29) is 0 Å². The lowest BCUT2D eigenvalue weighted by molar-refractivity contribution is 0.316. The highest BCUT2D eigenvalue weighted by Crippen LogP contribution is 2.08. The van der Waals surface area contributed by atoms with Gasteiger partial charge in [-0.3, -0.25) is 0 Å². The van der Waals surface area contributed by atoms with Crippen molar-refractivity contribution in [3.63, 3.8) is 0 Å². The summed E-state index contributed by atoms with van der Waals surface area (Å²) in [7, 11) is 0. The van der Waals surface area contributed by atoms with Gasteiger partial charge in [0.2, 0.25) is 0 Å². The molecule has 1 aromatic heterocycles. The molecular formula is C12H21N3. The first-order valence-electron chi connectivity index (χ1n) is 5.65. The number of nitrogens with one attached hydrogen (secondary N) is 1. The lowest BCUT2D eigenvalue weighted by Gasteiger charge is -2.18. The Hall–Kier alpha value is -1.09. The van der Waals surface area contributed by atoms with E-state index in [0.717, 1.165) is 32.0 Å². The number of hydrogen-bond donors (Lipinski definition) is 1. The van der Waals surface area contributed by atoms with Gasteiger partial charge in [-0.25, -0.2) is 4.98 Å². The van der Waals surface area contributed by atoms with Gasteiger partial charge in [0, 0.05) is 19.3 Å². The summed E-state index contributed by atoms with van der Waals surface area (Å²) in [4.78, 5) is 6.69. The third kappa shape index (κ3) is 3.88. The molecule has 3 nitrogen and oxygen atoms in total. The molecule has 3 heteroatoms. The van der Waals surface area contributed by atoms with Gasteiger partial charge in [-0.2, -0.15) is 0 Å². The zero-order valence-electron chi connectivity index (χ0n) is 9.95. The molecule has 0 fully saturated rings. The van der Waals surface area contributed by atoms with Gasteiger partial charge in [0.15, 0.2) is 0 Å². The van der Waals surface area contributed by atoms with Gasteiger partial charge in [-0.1, -0.05) is 19.9 Å². The summed E-state index contributed by atoms with van der Waals surface area (Å²) >= 11 is 0. The van der Waals surface area contributed by atoms with Crippen LogP contribution in [-0.2, 0) is 0 Å². The zero-order valence-corrected chi connectivity index (χ0v) is 9.95. The highest BCUT2D eigenvalue weighted by molar-refractivity contribution is 5.42. The van der Waals surface area contributed by atoms with Crippen LogP contribution in [-0.4, -0.2) is 36.1 Å². The van der Waals surface area contributed by atoms with Crippen LogP contribution >= 0.6 is 0 Å². The van der Waals surface area contributed by atoms with Gasteiger partial charge in [-0.05, 0) is 31.6 Å². The van der Waals surface area contributed by atoms with Crippen LogP contribution in [0.1, 0.15) is 19.4 Å². The average molecular weight is 207 g/mol. The van der Waals surface area contributed by atoms with E-state index in [0.29, 0.717) is 0 Å². The van der Waals surface area contributed by atoms with Crippen molar-refractivity contribution in [2.24, 2.45) is 0 Å². The van der Waals surface area contributed by atoms with Crippen molar-refractivity contribution < 1.29 is 0 Å². The molecule has 0 saturated carbocycles. The van der Waals surface area contributed by atoms with Crippen LogP contribution in [0.5, 0.6) is 0 Å². The fraction of sp³-hybridized carbons (Fsp3) is 0.583. The molecule has 0 aliphatic carbocycles. The van der Waals surface area contributed by atoms with E-state index in [1.54, 1.807) is 0 Å². The maximum Gasteiger partial charge on any atom is 0.128 e. The maximum absolute atomic E-state index is 4.30. The summed E-state index contributed by atoms with van der Waals surface area (Å²) in [6.07, 6.45) is 1.83. The molecule has 84 valence electrons. The molecular weight excluding hydrogens is 186 g/mol. The largest absolute Gasteiger partial charge is 0.369 e. The lowest BCUT2D eigenvalue weighted by atomic mass is 10.3. The molecule has 0 radical (unpaired) electrons. The summed E-state index contributed by atoms with van der Waals surface area (Å²) in [5.41, 5.74) is 1.21. The van der Waals surface area contributed by atoms with Crippen LogP contribution in [0.15, 0.2) is 18.3 Å². The number of rotatable bonds is 6. The van der Waals surface area contributed by atoms with Gasteiger partial charge >= 0.3 is 0 Å². The number of hydrogen-bond acceptors (Lipinski definition) is 3. The molecule has 1 aromatic rings. The monoisotopic (exact) mass is 207 g/mol. The number of aromatic nitrogens is 1. The van der Waals surface area contributed by atoms with E-state index in [4.69, 9.17) is 0 Å². The first kappa shape index (κ1) is 12.0. The second kappa shape index (κ2) is 6.40. The Morgan fingerprint density at radius 1 is 1.33 bits per heavy atom. The van der Waals surface area contributed by atoms with Crippen LogP contribution in [0.25, 0.3) is 0 Å². The van der Waals surface area contributed by atoms with Crippen molar-refractivity contribution >= 4 is 5.82 Å². The highest BCUT2D eigenvalue weighted by Gasteiger charge is 2.00. The predicted molar refractivity (Wildman–Crippen MR) is 65.3 cm³/mol. The molecule has 0 bridgehead atoms. The molecule has 1 heterocycles. The average Bonchev–Trinajstić information content (AvgIpc) is 2.27. The van der Waals surface area contributed by atoms with Crippen molar-refractivity contribution in [1.29, 1.82) is 0 Å². The van der Waals surface area contributed by atoms with E-state index in [9.17, 15) is 0 Å². The smallest absolute Gasteiger partial charge is 0.128 e. The van der Waals surface area contributed by atoms with Crippen LogP contribution in [0.3, 0.4) is 0 Å². The Morgan fingerprint density at radius 3 is 2.67 bits per heavy atom. The van der Waals surface area contributed by atoms with Crippen LogP contribution in [0.2, 0.25) is 0 Å². The molecule has 0 aliphatic heterocycles. The predicted octanol–water partition coefficient (Wildman–Crippen LogP) is 2.14. The van der Waals surface area contributed by atoms with Crippen molar-refractivity contribution in [2.45, 2.75) is 20.8 Å². The first-order chi connectivity index (χ1) is 7.27. The van der Waals surface area contributed by atoms with Gasteiger partial charge in [0.1, 0.15) is 5.82 Å². The van der Waals surface area contributed by atoms with Gasteiger partial charge in [0.05, 0.1) is 0 Å². The summed E-state index contributed by atoms with van der Waals surface area (Å²) in [5, 5.41) is 3.36. The molecule has 0 aliphatic rings. The second-order valence-corrected chi connectivity index (χ2v) is 3.62. The van der Waals surface area contributed by atoms with Crippen LogP contribution < -0.4 is 5.32 Å². The number of pyridine rings is 1. The summed E-state index contributed by atoms with van der Waals surface area (Å²) in [6.45, 7) is 10.7.